The zero-order chi connectivity index (χ0) is 18.4. The van der Waals surface area contributed by atoms with Crippen LogP contribution in [0.2, 0.25) is 5.02 Å². The molecule has 4 fully saturated rings. The number of ether oxygens (including phenoxy) is 2. The number of rotatable bonds is 7. The molecule has 0 amide bonds. The normalized spacial score (nSPS) is 34.7. The van der Waals surface area contributed by atoms with Gasteiger partial charge in [-0.2, -0.15) is 0 Å². The maximum atomic E-state index is 10.9. The van der Waals surface area contributed by atoms with Gasteiger partial charge in [-0.1, -0.05) is 24.3 Å². The van der Waals surface area contributed by atoms with Gasteiger partial charge in [0.1, 0.15) is 6.61 Å². The molecule has 4 saturated carbocycles. The number of halogens is 1. The van der Waals surface area contributed by atoms with E-state index in [2.05, 4.69) is 11.9 Å². The predicted octanol–water partition coefficient (Wildman–Crippen LogP) is 4.09. The Bertz CT molecular complexity index is 691. The predicted molar refractivity (Wildman–Crippen MR) is 103 cm³/mol. The highest BCUT2D eigenvalue weighted by Crippen LogP contribution is 2.57. The van der Waals surface area contributed by atoms with Gasteiger partial charge in [-0.05, 0) is 68.1 Å². The Hall–Kier alpha value is -1.23. The lowest BCUT2D eigenvalue weighted by Gasteiger charge is -2.60. The van der Waals surface area contributed by atoms with Gasteiger partial charge < -0.3 is 19.9 Å². The van der Waals surface area contributed by atoms with Gasteiger partial charge in [0.25, 0.3) is 0 Å². The van der Waals surface area contributed by atoms with Gasteiger partial charge in [0.05, 0.1) is 17.7 Å². The summed E-state index contributed by atoms with van der Waals surface area (Å²) in [5.74, 6) is 2.53. The minimum absolute atomic E-state index is 0.0660. The SMILES string of the molecule is C=CCOc1c(Cl)cc(CNC23CC4CC(CC(O)(C4)C2)C3)cc1OC. The molecule has 1 aromatic carbocycles. The third-order valence-corrected chi connectivity index (χ3v) is 6.61. The van der Waals surface area contributed by atoms with Crippen LogP contribution in [0.25, 0.3) is 0 Å². The van der Waals surface area contributed by atoms with Crippen molar-refractivity contribution in [1.82, 2.24) is 5.32 Å². The highest BCUT2D eigenvalue weighted by atomic mass is 35.5. The molecule has 2 unspecified atom stereocenters. The molecule has 4 bridgehead atoms. The molecule has 0 radical (unpaired) electrons. The van der Waals surface area contributed by atoms with Crippen LogP contribution in [0.15, 0.2) is 24.8 Å². The molecule has 0 spiro atoms. The van der Waals surface area contributed by atoms with Crippen molar-refractivity contribution in [2.45, 2.75) is 56.2 Å². The summed E-state index contributed by atoms with van der Waals surface area (Å²) in [5.41, 5.74) is 0.686. The van der Waals surface area contributed by atoms with Gasteiger partial charge in [0.2, 0.25) is 0 Å². The smallest absolute Gasteiger partial charge is 0.180 e. The summed E-state index contributed by atoms with van der Waals surface area (Å²) in [5, 5.41) is 15.2. The van der Waals surface area contributed by atoms with Crippen molar-refractivity contribution >= 4 is 11.6 Å². The fourth-order valence-corrected chi connectivity index (χ4v) is 6.16. The third-order valence-electron chi connectivity index (χ3n) is 6.33. The Morgan fingerprint density at radius 2 is 2.04 bits per heavy atom. The fraction of sp³-hybridized carbons (Fsp3) is 0.619. The molecule has 0 saturated heterocycles. The second kappa shape index (κ2) is 6.74. The van der Waals surface area contributed by atoms with E-state index >= 15 is 0 Å². The van der Waals surface area contributed by atoms with E-state index in [1.54, 1.807) is 13.2 Å². The Morgan fingerprint density at radius 1 is 1.31 bits per heavy atom. The maximum absolute atomic E-state index is 10.9. The molecular weight excluding hydrogens is 350 g/mol. The molecular formula is C21H28ClNO3. The van der Waals surface area contributed by atoms with E-state index in [0.717, 1.165) is 24.8 Å². The summed E-state index contributed by atoms with van der Waals surface area (Å²) in [6.45, 7) is 4.77. The van der Waals surface area contributed by atoms with Crippen LogP contribution in [0.5, 0.6) is 11.5 Å². The Kier molecular flexibility index (Phi) is 4.70. The minimum Gasteiger partial charge on any atom is -0.493 e. The molecule has 1 aromatic rings. The van der Waals surface area contributed by atoms with Gasteiger partial charge in [-0.3, -0.25) is 0 Å². The minimum atomic E-state index is -0.450. The van der Waals surface area contributed by atoms with Crippen molar-refractivity contribution in [3.8, 4) is 11.5 Å². The van der Waals surface area contributed by atoms with E-state index in [-0.39, 0.29) is 5.54 Å². The average Bonchev–Trinajstić information content (AvgIpc) is 2.56. The topological polar surface area (TPSA) is 50.7 Å². The van der Waals surface area contributed by atoms with Crippen LogP contribution in [0.3, 0.4) is 0 Å². The Balaban J connectivity index is 1.50. The van der Waals surface area contributed by atoms with Crippen LogP contribution in [0.4, 0.5) is 0 Å². The van der Waals surface area contributed by atoms with E-state index in [0.29, 0.717) is 41.5 Å². The first kappa shape index (κ1) is 18.1. The molecule has 5 rings (SSSR count). The molecule has 5 heteroatoms. The number of methoxy groups -OCH3 is 1. The molecule has 0 aliphatic heterocycles. The highest BCUT2D eigenvalue weighted by molar-refractivity contribution is 6.32. The summed E-state index contributed by atoms with van der Waals surface area (Å²) in [6.07, 6.45) is 8.18. The first-order valence-electron chi connectivity index (χ1n) is 9.52. The van der Waals surface area contributed by atoms with E-state index in [9.17, 15) is 5.11 Å². The lowest BCUT2D eigenvalue weighted by atomic mass is 9.51. The molecule has 2 atom stereocenters. The second-order valence-corrected chi connectivity index (χ2v) is 8.94. The first-order chi connectivity index (χ1) is 12.4. The second-order valence-electron chi connectivity index (χ2n) is 8.53. The molecule has 4 aliphatic rings. The molecule has 4 nitrogen and oxygen atoms in total. The van der Waals surface area contributed by atoms with Crippen LogP contribution in [0, 0.1) is 11.8 Å². The van der Waals surface area contributed by atoms with E-state index < -0.39 is 5.60 Å². The molecule has 0 aromatic heterocycles. The maximum Gasteiger partial charge on any atom is 0.180 e. The van der Waals surface area contributed by atoms with Crippen molar-refractivity contribution in [2.75, 3.05) is 13.7 Å². The highest BCUT2D eigenvalue weighted by Gasteiger charge is 2.56. The molecule has 0 heterocycles. The zero-order valence-corrected chi connectivity index (χ0v) is 16.1. The van der Waals surface area contributed by atoms with Crippen LogP contribution in [0.1, 0.15) is 44.1 Å². The average molecular weight is 378 g/mol. The van der Waals surface area contributed by atoms with Crippen molar-refractivity contribution < 1.29 is 14.6 Å². The van der Waals surface area contributed by atoms with E-state index in [1.807, 2.05) is 12.1 Å². The quantitative estimate of drug-likeness (QED) is 0.703. The van der Waals surface area contributed by atoms with Crippen molar-refractivity contribution in [1.29, 1.82) is 0 Å². The Morgan fingerprint density at radius 3 is 2.65 bits per heavy atom. The van der Waals surface area contributed by atoms with Crippen LogP contribution in [-0.4, -0.2) is 30.0 Å². The molecule has 2 N–H and O–H groups in total. The summed E-state index contributed by atoms with van der Waals surface area (Å²) in [7, 11) is 1.62. The Labute approximate surface area is 160 Å². The van der Waals surface area contributed by atoms with Gasteiger partial charge in [-0.15, -0.1) is 0 Å². The molecule has 142 valence electrons. The zero-order valence-electron chi connectivity index (χ0n) is 15.4. The fourth-order valence-electron chi connectivity index (χ4n) is 5.87. The monoisotopic (exact) mass is 377 g/mol. The lowest BCUT2D eigenvalue weighted by molar-refractivity contribution is -0.142. The van der Waals surface area contributed by atoms with E-state index in [1.165, 1.54) is 19.3 Å². The van der Waals surface area contributed by atoms with Gasteiger partial charge >= 0.3 is 0 Å². The number of hydrogen-bond acceptors (Lipinski definition) is 4. The molecule has 4 aliphatic carbocycles. The summed E-state index contributed by atoms with van der Waals surface area (Å²) in [4.78, 5) is 0. The van der Waals surface area contributed by atoms with Gasteiger partial charge in [-0.25, -0.2) is 0 Å². The standard InChI is InChI=1S/C21H28ClNO3/c1-3-4-26-19-17(22)6-14(7-18(19)25-2)12-23-20-8-15-5-16(9-20)11-21(24,10-15)13-20/h3,6-7,15-16,23-24H,1,4-5,8-13H2,2H3. The van der Waals surface area contributed by atoms with Crippen molar-refractivity contribution in [3.63, 3.8) is 0 Å². The van der Waals surface area contributed by atoms with Crippen LogP contribution in [-0.2, 0) is 6.54 Å². The first-order valence-corrected chi connectivity index (χ1v) is 9.89. The van der Waals surface area contributed by atoms with Gasteiger partial charge in [0.15, 0.2) is 11.5 Å². The summed E-state index contributed by atoms with van der Waals surface area (Å²) < 4.78 is 11.1. The number of aliphatic hydroxyl groups is 1. The van der Waals surface area contributed by atoms with Crippen molar-refractivity contribution in [2.24, 2.45) is 11.8 Å². The third kappa shape index (κ3) is 3.35. The van der Waals surface area contributed by atoms with Crippen LogP contribution >= 0.6 is 11.6 Å². The van der Waals surface area contributed by atoms with Gasteiger partial charge in [0, 0.05) is 12.1 Å². The number of benzene rings is 1. The van der Waals surface area contributed by atoms with E-state index in [4.69, 9.17) is 21.1 Å². The largest absolute Gasteiger partial charge is 0.493 e. The van der Waals surface area contributed by atoms with Crippen LogP contribution < -0.4 is 14.8 Å². The molecule has 26 heavy (non-hydrogen) atoms. The number of nitrogens with one attached hydrogen (secondary N) is 1. The number of hydrogen-bond donors (Lipinski definition) is 2. The summed E-state index contributed by atoms with van der Waals surface area (Å²) in [6, 6.07) is 3.91. The van der Waals surface area contributed by atoms with Crippen molar-refractivity contribution in [3.05, 3.63) is 35.4 Å². The summed E-state index contributed by atoms with van der Waals surface area (Å²) >= 11 is 6.42. The lowest BCUT2D eigenvalue weighted by Crippen LogP contribution is -2.64.